The van der Waals surface area contributed by atoms with Crippen molar-refractivity contribution in [1.82, 2.24) is 10.6 Å². The van der Waals surface area contributed by atoms with Gasteiger partial charge in [-0.2, -0.15) is 0 Å². The number of hydrogen-bond acceptors (Lipinski definition) is 2. The van der Waals surface area contributed by atoms with Crippen LogP contribution in [0.1, 0.15) is 156 Å². The Morgan fingerprint density at radius 1 is 0.606 bits per heavy atom. The van der Waals surface area contributed by atoms with Gasteiger partial charge in [0, 0.05) is 19.0 Å². The minimum Gasteiger partial charge on any atom is -0.356 e. The maximum absolute atomic E-state index is 11.9. The molecule has 0 aliphatic carbocycles. The SMILES string of the molecule is CCCCCCCCC=CCCCCCCCCCCCC(=O)NCCCNC(CC)CC. The molecule has 0 saturated carbocycles. The van der Waals surface area contributed by atoms with Crippen molar-refractivity contribution in [3.8, 4) is 0 Å². The van der Waals surface area contributed by atoms with Crippen molar-refractivity contribution >= 4 is 5.91 Å². The molecule has 196 valence electrons. The molecule has 33 heavy (non-hydrogen) atoms. The molecule has 0 aliphatic rings. The van der Waals surface area contributed by atoms with Crippen LogP contribution in [0.4, 0.5) is 0 Å². The van der Waals surface area contributed by atoms with Gasteiger partial charge >= 0.3 is 0 Å². The summed E-state index contributed by atoms with van der Waals surface area (Å²) in [5, 5.41) is 6.61. The molecule has 0 spiro atoms. The maximum Gasteiger partial charge on any atom is 0.219 e. The Morgan fingerprint density at radius 3 is 1.61 bits per heavy atom. The van der Waals surface area contributed by atoms with Crippen molar-refractivity contribution in [2.75, 3.05) is 13.1 Å². The van der Waals surface area contributed by atoms with E-state index < -0.39 is 0 Å². The lowest BCUT2D eigenvalue weighted by Gasteiger charge is -2.14. The van der Waals surface area contributed by atoms with Gasteiger partial charge in [0.15, 0.2) is 0 Å². The Labute approximate surface area is 208 Å². The van der Waals surface area contributed by atoms with E-state index in [4.69, 9.17) is 0 Å². The molecular formula is C30H60N2O. The number of carbonyl (C=O) groups is 1. The molecule has 2 N–H and O–H groups in total. The first-order valence-electron chi connectivity index (χ1n) is 14.9. The fourth-order valence-corrected chi connectivity index (χ4v) is 4.35. The highest BCUT2D eigenvalue weighted by molar-refractivity contribution is 5.75. The number of rotatable bonds is 26. The van der Waals surface area contributed by atoms with Crippen LogP contribution in [0.3, 0.4) is 0 Å². The van der Waals surface area contributed by atoms with Gasteiger partial charge in [0.2, 0.25) is 5.91 Å². The summed E-state index contributed by atoms with van der Waals surface area (Å²) >= 11 is 0. The van der Waals surface area contributed by atoms with Crippen LogP contribution >= 0.6 is 0 Å². The Balaban J connectivity index is 3.23. The zero-order valence-electron chi connectivity index (χ0n) is 22.9. The van der Waals surface area contributed by atoms with Crippen molar-refractivity contribution in [1.29, 1.82) is 0 Å². The van der Waals surface area contributed by atoms with Crippen LogP contribution in [0, 0.1) is 0 Å². The third-order valence-corrected chi connectivity index (χ3v) is 6.76. The summed E-state index contributed by atoms with van der Waals surface area (Å²) in [6, 6.07) is 0.627. The molecule has 0 aromatic heterocycles. The highest BCUT2D eigenvalue weighted by atomic mass is 16.1. The molecule has 0 radical (unpaired) electrons. The third-order valence-electron chi connectivity index (χ3n) is 6.76. The normalized spacial score (nSPS) is 11.6. The van der Waals surface area contributed by atoms with E-state index in [0.717, 1.165) is 25.9 Å². The number of nitrogens with one attached hydrogen (secondary N) is 2. The van der Waals surface area contributed by atoms with Gasteiger partial charge in [-0.25, -0.2) is 0 Å². The fraction of sp³-hybridized carbons (Fsp3) is 0.900. The number of amides is 1. The summed E-state index contributed by atoms with van der Waals surface area (Å²) in [6.45, 7) is 8.54. The highest BCUT2D eigenvalue weighted by Gasteiger charge is 2.03. The Kier molecular flexibility index (Phi) is 26.7. The molecule has 0 bridgehead atoms. The third kappa shape index (κ3) is 25.6. The number of carbonyl (C=O) groups excluding carboxylic acids is 1. The van der Waals surface area contributed by atoms with E-state index in [0.29, 0.717) is 12.5 Å². The molecule has 0 unspecified atom stereocenters. The first-order chi connectivity index (χ1) is 16.2. The van der Waals surface area contributed by atoms with Crippen LogP contribution in [0.25, 0.3) is 0 Å². The molecule has 0 rings (SSSR count). The number of unbranched alkanes of at least 4 members (excludes halogenated alkanes) is 15. The second-order valence-corrected chi connectivity index (χ2v) is 9.92. The Bertz CT molecular complexity index is 418. The lowest BCUT2D eigenvalue weighted by molar-refractivity contribution is -0.121. The minimum absolute atomic E-state index is 0.235. The van der Waals surface area contributed by atoms with Crippen LogP contribution < -0.4 is 10.6 Å². The van der Waals surface area contributed by atoms with Crippen molar-refractivity contribution in [2.45, 2.75) is 162 Å². The van der Waals surface area contributed by atoms with Crippen LogP contribution in [0.15, 0.2) is 12.2 Å². The zero-order valence-corrected chi connectivity index (χ0v) is 22.9. The molecule has 3 nitrogen and oxygen atoms in total. The second kappa shape index (κ2) is 27.4. The van der Waals surface area contributed by atoms with Crippen LogP contribution in [0.2, 0.25) is 0 Å². The van der Waals surface area contributed by atoms with Crippen LogP contribution in [0.5, 0.6) is 0 Å². The quantitative estimate of drug-likeness (QED) is 0.0991. The van der Waals surface area contributed by atoms with Gasteiger partial charge in [-0.3, -0.25) is 4.79 Å². The summed E-state index contributed by atoms with van der Waals surface area (Å²) in [4.78, 5) is 11.9. The summed E-state index contributed by atoms with van der Waals surface area (Å²) in [6.07, 6.45) is 31.6. The Hall–Kier alpha value is -0.830. The standard InChI is InChI=1S/C30H60N2O/c1-4-7-8-9-10-11-12-13-14-15-16-17-18-19-20-21-22-23-24-26-30(33)32-28-25-27-31-29(5-2)6-3/h13-14,29,31H,4-12,15-28H2,1-3H3,(H,32,33). The van der Waals surface area contributed by atoms with Gasteiger partial charge < -0.3 is 10.6 Å². The smallest absolute Gasteiger partial charge is 0.219 e. The zero-order chi connectivity index (χ0) is 24.2. The fourth-order valence-electron chi connectivity index (χ4n) is 4.35. The molecule has 0 aromatic rings. The van der Waals surface area contributed by atoms with Crippen LogP contribution in [-0.4, -0.2) is 25.0 Å². The van der Waals surface area contributed by atoms with E-state index >= 15 is 0 Å². The average Bonchev–Trinajstić information content (AvgIpc) is 2.83. The lowest BCUT2D eigenvalue weighted by atomic mass is 10.1. The van der Waals surface area contributed by atoms with E-state index in [2.05, 4.69) is 43.6 Å². The van der Waals surface area contributed by atoms with Gasteiger partial charge in [0.1, 0.15) is 0 Å². The topological polar surface area (TPSA) is 41.1 Å². The molecule has 0 aromatic carbocycles. The molecule has 0 saturated heterocycles. The number of allylic oxidation sites excluding steroid dienone is 2. The molecule has 1 amide bonds. The summed E-state index contributed by atoms with van der Waals surface area (Å²) < 4.78 is 0. The highest BCUT2D eigenvalue weighted by Crippen LogP contribution is 2.12. The summed E-state index contributed by atoms with van der Waals surface area (Å²) in [7, 11) is 0. The molecular weight excluding hydrogens is 404 g/mol. The average molecular weight is 465 g/mol. The molecule has 0 heterocycles. The van der Waals surface area contributed by atoms with E-state index in [1.807, 2.05) is 0 Å². The van der Waals surface area contributed by atoms with Gasteiger partial charge in [0.25, 0.3) is 0 Å². The Morgan fingerprint density at radius 2 is 1.09 bits per heavy atom. The molecule has 3 heteroatoms. The second-order valence-electron chi connectivity index (χ2n) is 9.92. The molecule has 0 aliphatic heterocycles. The van der Waals surface area contributed by atoms with E-state index in [-0.39, 0.29) is 5.91 Å². The van der Waals surface area contributed by atoms with Crippen molar-refractivity contribution in [3.63, 3.8) is 0 Å². The summed E-state index contributed by atoms with van der Waals surface area (Å²) in [5.41, 5.74) is 0. The maximum atomic E-state index is 11.9. The first kappa shape index (κ1) is 32.2. The predicted octanol–water partition coefficient (Wildman–Crippen LogP) is 8.87. The van der Waals surface area contributed by atoms with Crippen molar-refractivity contribution in [3.05, 3.63) is 12.2 Å². The van der Waals surface area contributed by atoms with Crippen molar-refractivity contribution < 1.29 is 4.79 Å². The van der Waals surface area contributed by atoms with Gasteiger partial charge in [-0.05, 0) is 57.9 Å². The molecule has 0 atom stereocenters. The van der Waals surface area contributed by atoms with Crippen molar-refractivity contribution in [2.24, 2.45) is 0 Å². The van der Waals surface area contributed by atoms with Crippen LogP contribution in [-0.2, 0) is 4.79 Å². The predicted molar refractivity (Wildman–Crippen MR) is 148 cm³/mol. The summed E-state index contributed by atoms with van der Waals surface area (Å²) in [5.74, 6) is 0.235. The monoisotopic (exact) mass is 464 g/mol. The largest absolute Gasteiger partial charge is 0.356 e. The number of hydrogen-bond donors (Lipinski definition) is 2. The minimum atomic E-state index is 0.235. The molecule has 0 fully saturated rings. The first-order valence-corrected chi connectivity index (χ1v) is 14.9. The van der Waals surface area contributed by atoms with Gasteiger partial charge in [-0.15, -0.1) is 0 Å². The van der Waals surface area contributed by atoms with Gasteiger partial charge in [0.05, 0.1) is 0 Å². The van der Waals surface area contributed by atoms with E-state index in [1.165, 1.54) is 116 Å². The lowest BCUT2D eigenvalue weighted by Crippen LogP contribution is -2.31. The van der Waals surface area contributed by atoms with Gasteiger partial charge in [-0.1, -0.05) is 110 Å². The van der Waals surface area contributed by atoms with E-state index in [1.54, 1.807) is 0 Å². The van der Waals surface area contributed by atoms with E-state index in [9.17, 15) is 4.79 Å².